The molecule has 0 heterocycles. The summed E-state index contributed by atoms with van der Waals surface area (Å²) in [5, 5.41) is 3.47. The largest absolute Gasteiger partial charge is 0.380 e. The molecule has 0 saturated carbocycles. The van der Waals surface area contributed by atoms with Crippen molar-refractivity contribution in [3.8, 4) is 0 Å². The number of methoxy groups -OCH3 is 2. The van der Waals surface area contributed by atoms with E-state index < -0.39 is 0 Å². The van der Waals surface area contributed by atoms with E-state index in [4.69, 9.17) is 9.47 Å². The van der Waals surface area contributed by atoms with Gasteiger partial charge in [0.05, 0.1) is 12.7 Å². The Kier molecular flexibility index (Phi) is 6.19. The van der Waals surface area contributed by atoms with Gasteiger partial charge >= 0.3 is 0 Å². The summed E-state index contributed by atoms with van der Waals surface area (Å²) in [7, 11) is 3.46. The SMILES string of the molecule is COCc1ccccc1CNC(C)C(C)OC. The molecule has 0 bridgehead atoms. The molecule has 1 aromatic carbocycles. The second-order valence-electron chi connectivity index (χ2n) is 4.31. The number of benzene rings is 1. The first-order chi connectivity index (χ1) is 8.19. The van der Waals surface area contributed by atoms with Gasteiger partial charge in [0.25, 0.3) is 0 Å². The zero-order valence-electron chi connectivity index (χ0n) is 11.2. The van der Waals surface area contributed by atoms with Gasteiger partial charge in [-0.3, -0.25) is 0 Å². The third-order valence-corrected chi connectivity index (χ3v) is 3.11. The Hall–Kier alpha value is -0.900. The van der Waals surface area contributed by atoms with Crippen LogP contribution in [0.25, 0.3) is 0 Å². The molecular formula is C14H23NO2. The number of hydrogen-bond donors (Lipinski definition) is 1. The normalized spacial score (nSPS) is 14.6. The van der Waals surface area contributed by atoms with Crippen LogP contribution in [-0.2, 0) is 22.6 Å². The zero-order valence-corrected chi connectivity index (χ0v) is 11.2. The first kappa shape index (κ1) is 14.2. The fourth-order valence-corrected chi connectivity index (χ4v) is 1.67. The van der Waals surface area contributed by atoms with E-state index in [-0.39, 0.29) is 6.10 Å². The van der Waals surface area contributed by atoms with E-state index in [0.717, 1.165) is 6.54 Å². The van der Waals surface area contributed by atoms with Crippen molar-refractivity contribution in [2.24, 2.45) is 0 Å². The van der Waals surface area contributed by atoms with Gasteiger partial charge in [0.15, 0.2) is 0 Å². The van der Waals surface area contributed by atoms with E-state index in [0.29, 0.717) is 12.6 Å². The summed E-state index contributed by atoms with van der Waals surface area (Å²) in [6, 6.07) is 8.66. The fourth-order valence-electron chi connectivity index (χ4n) is 1.67. The quantitative estimate of drug-likeness (QED) is 0.789. The molecule has 0 aliphatic heterocycles. The monoisotopic (exact) mass is 237 g/mol. The average Bonchev–Trinajstić information content (AvgIpc) is 2.36. The lowest BCUT2D eigenvalue weighted by molar-refractivity contribution is 0.0881. The maximum absolute atomic E-state index is 5.29. The molecule has 0 fully saturated rings. The number of ether oxygens (including phenoxy) is 2. The summed E-state index contributed by atoms with van der Waals surface area (Å²) >= 11 is 0. The first-order valence-corrected chi connectivity index (χ1v) is 6.01. The van der Waals surface area contributed by atoms with Crippen molar-refractivity contribution < 1.29 is 9.47 Å². The van der Waals surface area contributed by atoms with Crippen molar-refractivity contribution in [2.45, 2.75) is 39.1 Å². The minimum absolute atomic E-state index is 0.213. The molecule has 0 saturated heterocycles. The average molecular weight is 237 g/mol. The van der Waals surface area contributed by atoms with Gasteiger partial charge in [-0.25, -0.2) is 0 Å². The first-order valence-electron chi connectivity index (χ1n) is 6.01. The van der Waals surface area contributed by atoms with Crippen LogP contribution in [0.5, 0.6) is 0 Å². The molecule has 17 heavy (non-hydrogen) atoms. The van der Waals surface area contributed by atoms with Crippen LogP contribution in [0.2, 0.25) is 0 Å². The predicted molar refractivity (Wildman–Crippen MR) is 69.9 cm³/mol. The Balaban J connectivity index is 2.56. The Bertz CT molecular complexity index is 328. The highest BCUT2D eigenvalue weighted by atomic mass is 16.5. The van der Waals surface area contributed by atoms with Crippen molar-refractivity contribution >= 4 is 0 Å². The molecule has 0 spiro atoms. The number of rotatable bonds is 7. The van der Waals surface area contributed by atoms with Crippen LogP contribution >= 0.6 is 0 Å². The molecule has 0 aliphatic carbocycles. The zero-order chi connectivity index (χ0) is 12.7. The van der Waals surface area contributed by atoms with Crippen molar-refractivity contribution in [1.29, 1.82) is 0 Å². The van der Waals surface area contributed by atoms with E-state index in [1.807, 2.05) is 6.07 Å². The Morgan fingerprint density at radius 2 is 1.76 bits per heavy atom. The van der Waals surface area contributed by atoms with Gasteiger partial charge in [-0.2, -0.15) is 0 Å². The molecule has 1 rings (SSSR count). The molecule has 0 aromatic heterocycles. The molecule has 0 radical (unpaired) electrons. The highest BCUT2D eigenvalue weighted by molar-refractivity contribution is 5.26. The maximum Gasteiger partial charge on any atom is 0.0716 e. The minimum atomic E-state index is 0.213. The molecule has 2 unspecified atom stereocenters. The highest BCUT2D eigenvalue weighted by Gasteiger charge is 2.10. The van der Waals surface area contributed by atoms with Crippen LogP contribution in [0.4, 0.5) is 0 Å². The summed E-state index contributed by atoms with van der Waals surface area (Å²) in [4.78, 5) is 0. The van der Waals surface area contributed by atoms with E-state index in [9.17, 15) is 0 Å². The predicted octanol–water partition coefficient (Wildman–Crippen LogP) is 2.35. The molecule has 3 heteroatoms. The Morgan fingerprint density at radius 3 is 2.35 bits per heavy atom. The summed E-state index contributed by atoms with van der Waals surface area (Å²) in [6.07, 6.45) is 0.213. The van der Waals surface area contributed by atoms with Crippen LogP contribution in [0.1, 0.15) is 25.0 Å². The lowest BCUT2D eigenvalue weighted by Gasteiger charge is -2.20. The fraction of sp³-hybridized carbons (Fsp3) is 0.571. The van der Waals surface area contributed by atoms with Gasteiger partial charge in [-0.1, -0.05) is 24.3 Å². The van der Waals surface area contributed by atoms with Crippen LogP contribution in [0, 0.1) is 0 Å². The van der Waals surface area contributed by atoms with Crippen LogP contribution in [-0.4, -0.2) is 26.4 Å². The van der Waals surface area contributed by atoms with Crippen LogP contribution < -0.4 is 5.32 Å². The van der Waals surface area contributed by atoms with E-state index in [2.05, 4.69) is 37.4 Å². The van der Waals surface area contributed by atoms with Gasteiger partial charge in [-0.05, 0) is 25.0 Å². The molecule has 0 amide bonds. The van der Waals surface area contributed by atoms with E-state index in [1.54, 1.807) is 14.2 Å². The molecule has 96 valence electrons. The minimum Gasteiger partial charge on any atom is -0.380 e. The smallest absolute Gasteiger partial charge is 0.0716 e. The van der Waals surface area contributed by atoms with Gasteiger partial charge < -0.3 is 14.8 Å². The topological polar surface area (TPSA) is 30.5 Å². The van der Waals surface area contributed by atoms with Crippen molar-refractivity contribution in [1.82, 2.24) is 5.32 Å². The van der Waals surface area contributed by atoms with E-state index in [1.165, 1.54) is 11.1 Å². The van der Waals surface area contributed by atoms with Crippen LogP contribution in [0.3, 0.4) is 0 Å². The standard InChI is InChI=1S/C14H23NO2/c1-11(12(2)17-4)15-9-13-7-5-6-8-14(13)10-16-3/h5-8,11-12,15H,9-10H2,1-4H3. The highest BCUT2D eigenvalue weighted by Crippen LogP contribution is 2.10. The summed E-state index contributed by atoms with van der Waals surface area (Å²) in [6.45, 7) is 5.70. The molecule has 0 aliphatic rings. The summed E-state index contributed by atoms with van der Waals surface area (Å²) in [5.41, 5.74) is 2.52. The van der Waals surface area contributed by atoms with Gasteiger partial charge in [0.1, 0.15) is 0 Å². The third kappa shape index (κ3) is 4.46. The molecule has 1 aromatic rings. The third-order valence-electron chi connectivity index (χ3n) is 3.11. The molecule has 1 N–H and O–H groups in total. The Morgan fingerprint density at radius 1 is 1.12 bits per heavy atom. The van der Waals surface area contributed by atoms with Crippen LogP contribution in [0.15, 0.2) is 24.3 Å². The van der Waals surface area contributed by atoms with E-state index >= 15 is 0 Å². The molecule has 2 atom stereocenters. The van der Waals surface area contributed by atoms with Crippen molar-refractivity contribution in [2.75, 3.05) is 14.2 Å². The van der Waals surface area contributed by atoms with Gasteiger partial charge in [0.2, 0.25) is 0 Å². The summed E-state index contributed by atoms with van der Waals surface area (Å²) in [5.74, 6) is 0. The Labute approximate surface area is 104 Å². The van der Waals surface area contributed by atoms with Crippen molar-refractivity contribution in [3.63, 3.8) is 0 Å². The number of nitrogens with one attached hydrogen (secondary N) is 1. The second kappa shape index (κ2) is 7.43. The molecular weight excluding hydrogens is 214 g/mol. The lowest BCUT2D eigenvalue weighted by Crippen LogP contribution is -2.36. The van der Waals surface area contributed by atoms with Crippen molar-refractivity contribution in [3.05, 3.63) is 35.4 Å². The molecule has 3 nitrogen and oxygen atoms in total. The number of hydrogen-bond acceptors (Lipinski definition) is 3. The van der Waals surface area contributed by atoms with Gasteiger partial charge in [0, 0.05) is 26.8 Å². The maximum atomic E-state index is 5.29. The lowest BCUT2D eigenvalue weighted by atomic mass is 10.1. The summed E-state index contributed by atoms with van der Waals surface area (Å²) < 4.78 is 10.5. The second-order valence-corrected chi connectivity index (χ2v) is 4.31. The van der Waals surface area contributed by atoms with Gasteiger partial charge in [-0.15, -0.1) is 0 Å².